The number of fused-ring (bicyclic) bond motifs is 1. The molecule has 3 aromatic rings. The zero-order valence-electron chi connectivity index (χ0n) is 19.1. The number of sulfone groups is 1. The average Bonchev–Trinajstić information content (AvgIpc) is 3.19. The molecule has 0 atom stereocenters. The molecule has 9 heteroatoms. The van der Waals surface area contributed by atoms with Crippen molar-refractivity contribution in [1.82, 2.24) is 9.88 Å². The second-order valence-corrected chi connectivity index (χ2v) is 10.7. The lowest BCUT2D eigenvalue weighted by molar-refractivity contribution is 0.0983. The van der Waals surface area contributed by atoms with Crippen LogP contribution in [0.25, 0.3) is 10.2 Å². The largest absolute Gasteiger partial charge is 0.302 e. The molecule has 1 amide bonds. The third-order valence-corrected chi connectivity index (χ3v) is 7.77. The summed E-state index contributed by atoms with van der Waals surface area (Å²) in [7, 11) is -3.41. The maximum Gasteiger partial charge on any atom is 0.260 e. The number of aryl methyl sites for hydroxylation is 2. The number of rotatable bonds is 8. The van der Waals surface area contributed by atoms with Crippen molar-refractivity contribution in [2.75, 3.05) is 37.3 Å². The highest BCUT2D eigenvalue weighted by molar-refractivity contribution is 7.90. The molecule has 174 valence electrons. The van der Waals surface area contributed by atoms with Crippen LogP contribution in [0.15, 0.2) is 41.3 Å². The highest BCUT2D eigenvalue weighted by Crippen LogP contribution is 2.33. The number of hydrogen-bond acceptors (Lipinski definition) is 6. The van der Waals surface area contributed by atoms with E-state index < -0.39 is 9.84 Å². The van der Waals surface area contributed by atoms with Crippen LogP contribution in [-0.2, 0) is 9.84 Å². The van der Waals surface area contributed by atoms with Gasteiger partial charge in [0, 0.05) is 24.9 Å². The van der Waals surface area contributed by atoms with Crippen molar-refractivity contribution in [3.63, 3.8) is 0 Å². The molecule has 32 heavy (non-hydrogen) atoms. The minimum absolute atomic E-state index is 0. The van der Waals surface area contributed by atoms with Gasteiger partial charge in [-0.3, -0.25) is 9.69 Å². The fraction of sp³-hybridized carbons (Fsp3) is 0.391. The number of benzene rings is 2. The number of nitrogens with zero attached hydrogens (tertiary/aromatic N) is 3. The van der Waals surface area contributed by atoms with Crippen molar-refractivity contribution in [2.24, 2.45) is 0 Å². The van der Waals surface area contributed by atoms with Crippen molar-refractivity contribution in [3.05, 3.63) is 53.1 Å². The van der Waals surface area contributed by atoms with Gasteiger partial charge in [-0.2, -0.15) is 0 Å². The Balaban J connectivity index is 0.00000363. The van der Waals surface area contributed by atoms with Gasteiger partial charge in [0.25, 0.3) is 5.91 Å². The molecule has 0 fully saturated rings. The summed E-state index contributed by atoms with van der Waals surface area (Å²) < 4.78 is 25.1. The molecule has 0 aliphatic heterocycles. The predicted molar refractivity (Wildman–Crippen MR) is 135 cm³/mol. The number of halogens is 1. The maximum atomic E-state index is 13.5. The number of thiazole rings is 1. The minimum atomic E-state index is -3.41. The van der Waals surface area contributed by atoms with Crippen molar-refractivity contribution < 1.29 is 13.2 Å². The molecule has 0 spiro atoms. The van der Waals surface area contributed by atoms with Crippen LogP contribution in [-0.4, -0.2) is 56.6 Å². The Morgan fingerprint density at radius 3 is 2.28 bits per heavy atom. The van der Waals surface area contributed by atoms with Gasteiger partial charge in [-0.25, -0.2) is 13.4 Å². The second-order valence-electron chi connectivity index (χ2n) is 7.66. The third kappa shape index (κ3) is 5.67. The van der Waals surface area contributed by atoms with Gasteiger partial charge in [-0.1, -0.05) is 43.4 Å². The van der Waals surface area contributed by atoms with Crippen LogP contribution in [0.3, 0.4) is 0 Å². The standard InChI is InChI=1S/C23H29N3O3S2.ClH/c1-6-25(7-2)13-14-26(22(27)18-9-8-10-19(15-18)31(5,28)29)23-24-20-16(3)11-12-17(4)21(20)30-23;/h8-12,15H,6-7,13-14H2,1-5H3;1H. The Kier molecular flexibility index (Phi) is 8.82. The topological polar surface area (TPSA) is 70.6 Å². The highest BCUT2D eigenvalue weighted by Gasteiger charge is 2.23. The normalized spacial score (nSPS) is 11.6. The first-order valence-corrected chi connectivity index (χ1v) is 13.1. The summed E-state index contributed by atoms with van der Waals surface area (Å²) >= 11 is 1.50. The van der Waals surface area contributed by atoms with Crippen LogP contribution in [0.1, 0.15) is 35.3 Å². The SMILES string of the molecule is CCN(CC)CCN(C(=O)c1cccc(S(C)(=O)=O)c1)c1nc2c(C)ccc(C)c2s1.Cl. The summed E-state index contributed by atoms with van der Waals surface area (Å²) in [5, 5.41) is 0.634. The Bertz CT molecular complexity index is 1170. The smallest absolute Gasteiger partial charge is 0.260 e. The zero-order chi connectivity index (χ0) is 22.8. The molecule has 3 rings (SSSR count). The summed E-state index contributed by atoms with van der Waals surface area (Å²) in [6, 6.07) is 10.3. The van der Waals surface area contributed by atoms with Crippen LogP contribution in [0.5, 0.6) is 0 Å². The van der Waals surface area contributed by atoms with E-state index in [-0.39, 0.29) is 23.2 Å². The van der Waals surface area contributed by atoms with Gasteiger partial charge in [0.05, 0.1) is 15.1 Å². The lowest BCUT2D eigenvalue weighted by Crippen LogP contribution is -2.39. The molecule has 0 saturated heterocycles. The van der Waals surface area contributed by atoms with Gasteiger partial charge in [0.2, 0.25) is 0 Å². The average molecular weight is 496 g/mol. The van der Waals surface area contributed by atoms with E-state index in [1.54, 1.807) is 17.0 Å². The third-order valence-electron chi connectivity index (χ3n) is 5.45. The minimum Gasteiger partial charge on any atom is -0.302 e. The molecular formula is C23H30ClN3O3S2. The summed E-state index contributed by atoms with van der Waals surface area (Å²) in [6.45, 7) is 11.2. The fourth-order valence-corrected chi connectivity index (χ4v) is 5.25. The van der Waals surface area contributed by atoms with E-state index in [2.05, 4.69) is 24.8 Å². The molecule has 0 saturated carbocycles. The van der Waals surface area contributed by atoms with Gasteiger partial charge in [-0.15, -0.1) is 12.4 Å². The Morgan fingerprint density at radius 2 is 1.69 bits per heavy atom. The van der Waals surface area contributed by atoms with E-state index in [0.717, 1.165) is 40.7 Å². The van der Waals surface area contributed by atoms with Crippen molar-refractivity contribution in [2.45, 2.75) is 32.6 Å². The van der Waals surface area contributed by atoms with Crippen LogP contribution in [0.2, 0.25) is 0 Å². The van der Waals surface area contributed by atoms with E-state index in [0.29, 0.717) is 23.8 Å². The van der Waals surface area contributed by atoms with Crippen LogP contribution < -0.4 is 4.90 Å². The lowest BCUT2D eigenvalue weighted by Gasteiger charge is -2.25. The summed E-state index contributed by atoms with van der Waals surface area (Å²) in [5.74, 6) is -0.244. The monoisotopic (exact) mass is 495 g/mol. The Labute approximate surface area is 200 Å². The molecule has 0 aliphatic carbocycles. The number of likely N-dealkylation sites (N-methyl/N-ethyl adjacent to an activating group) is 1. The highest BCUT2D eigenvalue weighted by atomic mass is 35.5. The number of carbonyl (C=O) groups is 1. The molecule has 1 heterocycles. The first-order chi connectivity index (χ1) is 14.7. The van der Waals surface area contributed by atoms with Gasteiger partial charge in [0.1, 0.15) is 0 Å². The Morgan fingerprint density at radius 1 is 1.03 bits per heavy atom. The van der Waals surface area contributed by atoms with Gasteiger partial charge in [-0.05, 0) is 56.3 Å². The van der Waals surface area contributed by atoms with E-state index in [4.69, 9.17) is 4.98 Å². The second kappa shape index (κ2) is 10.7. The van der Waals surface area contributed by atoms with E-state index in [9.17, 15) is 13.2 Å². The molecule has 0 unspecified atom stereocenters. The first-order valence-electron chi connectivity index (χ1n) is 10.4. The summed E-state index contributed by atoms with van der Waals surface area (Å²) in [4.78, 5) is 22.4. The summed E-state index contributed by atoms with van der Waals surface area (Å²) in [5.41, 5.74) is 3.44. The lowest BCUT2D eigenvalue weighted by atomic mass is 10.1. The maximum absolute atomic E-state index is 13.5. The fourth-order valence-electron chi connectivity index (χ4n) is 3.44. The summed E-state index contributed by atoms with van der Waals surface area (Å²) in [6.07, 6.45) is 1.15. The molecule has 0 N–H and O–H groups in total. The molecular weight excluding hydrogens is 466 g/mol. The molecule has 0 radical (unpaired) electrons. The van der Waals surface area contributed by atoms with Crippen molar-refractivity contribution in [3.8, 4) is 0 Å². The number of carbonyl (C=O) groups excluding carboxylic acids is 1. The van der Waals surface area contributed by atoms with Gasteiger partial charge >= 0.3 is 0 Å². The molecule has 2 aromatic carbocycles. The van der Waals surface area contributed by atoms with E-state index in [1.165, 1.54) is 23.5 Å². The molecule has 0 bridgehead atoms. The van der Waals surface area contributed by atoms with Crippen LogP contribution in [0, 0.1) is 13.8 Å². The van der Waals surface area contributed by atoms with E-state index in [1.807, 2.05) is 19.9 Å². The zero-order valence-corrected chi connectivity index (χ0v) is 21.5. The Hall–Kier alpha value is -2.00. The first kappa shape index (κ1) is 26.3. The van der Waals surface area contributed by atoms with Crippen molar-refractivity contribution >= 4 is 54.8 Å². The van der Waals surface area contributed by atoms with E-state index >= 15 is 0 Å². The number of amides is 1. The van der Waals surface area contributed by atoms with Crippen LogP contribution in [0.4, 0.5) is 5.13 Å². The predicted octanol–water partition coefficient (Wildman–Crippen LogP) is 4.73. The molecule has 6 nitrogen and oxygen atoms in total. The van der Waals surface area contributed by atoms with Gasteiger partial charge in [0.15, 0.2) is 15.0 Å². The molecule has 1 aromatic heterocycles. The number of hydrogen-bond donors (Lipinski definition) is 0. The van der Waals surface area contributed by atoms with Crippen LogP contribution >= 0.6 is 23.7 Å². The number of aromatic nitrogens is 1. The quantitative estimate of drug-likeness (QED) is 0.452. The van der Waals surface area contributed by atoms with Gasteiger partial charge < -0.3 is 4.90 Å². The number of anilines is 1. The molecule has 0 aliphatic rings. The van der Waals surface area contributed by atoms with Crippen molar-refractivity contribution in [1.29, 1.82) is 0 Å².